The van der Waals surface area contributed by atoms with E-state index in [4.69, 9.17) is 0 Å². The normalized spacial score (nSPS) is 16.1. The fraction of sp³-hybridized carbons (Fsp3) is 0.667. The molecule has 3 N–H and O–H groups in total. The maximum Gasteiger partial charge on any atom is 0.261 e. The summed E-state index contributed by atoms with van der Waals surface area (Å²) in [5, 5.41) is 21.2. The summed E-state index contributed by atoms with van der Waals surface area (Å²) in [6.07, 6.45) is 7.03. The number of rotatable bonds is 4. The Bertz CT molecular complexity index is 440. The van der Waals surface area contributed by atoms with Gasteiger partial charge in [0.2, 0.25) is 0 Å². The van der Waals surface area contributed by atoms with Gasteiger partial charge in [0.15, 0.2) is 0 Å². The molecular formula is C15H23NO3S. The first kappa shape index (κ1) is 15.5. The quantitative estimate of drug-likeness (QED) is 0.795. The standard InChI is InChI=1S/C15H23NO3S/c1-15(9-17,10-18)16-14(19)13-8-11-6-4-2-3-5-7-12(11)20-13/h8,17-18H,2-7,9-10H2,1H3,(H,16,19). The number of hydrogen-bond acceptors (Lipinski definition) is 4. The molecular weight excluding hydrogens is 274 g/mol. The number of aryl methyl sites for hydroxylation is 2. The molecule has 1 heterocycles. The van der Waals surface area contributed by atoms with Crippen LogP contribution in [0.4, 0.5) is 0 Å². The topological polar surface area (TPSA) is 69.6 Å². The number of thiophene rings is 1. The Balaban J connectivity index is 2.12. The van der Waals surface area contributed by atoms with Crippen LogP contribution in [-0.2, 0) is 12.8 Å². The minimum absolute atomic E-state index is 0.202. The summed E-state index contributed by atoms with van der Waals surface area (Å²) in [6.45, 7) is 1.08. The van der Waals surface area contributed by atoms with E-state index in [2.05, 4.69) is 5.32 Å². The van der Waals surface area contributed by atoms with Crippen molar-refractivity contribution in [3.63, 3.8) is 0 Å². The van der Waals surface area contributed by atoms with Crippen molar-refractivity contribution < 1.29 is 15.0 Å². The molecule has 0 saturated carbocycles. The number of hydrogen-bond donors (Lipinski definition) is 3. The number of amides is 1. The van der Waals surface area contributed by atoms with E-state index in [-0.39, 0.29) is 19.1 Å². The highest BCUT2D eigenvalue weighted by Crippen LogP contribution is 2.28. The van der Waals surface area contributed by atoms with E-state index >= 15 is 0 Å². The van der Waals surface area contributed by atoms with E-state index < -0.39 is 5.54 Å². The van der Waals surface area contributed by atoms with Gasteiger partial charge in [0.25, 0.3) is 5.91 Å². The highest BCUT2D eigenvalue weighted by Gasteiger charge is 2.26. The Kier molecular flexibility index (Phi) is 5.18. The second-order valence-corrected chi connectivity index (χ2v) is 6.94. The molecule has 0 aliphatic heterocycles. The maximum atomic E-state index is 12.2. The number of carbonyl (C=O) groups excluding carboxylic acids is 1. The van der Waals surface area contributed by atoms with Crippen LogP contribution in [0.5, 0.6) is 0 Å². The Hall–Kier alpha value is -0.910. The summed E-state index contributed by atoms with van der Waals surface area (Å²) < 4.78 is 0. The summed E-state index contributed by atoms with van der Waals surface area (Å²) in [4.78, 5) is 14.3. The summed E-state index contributed by atoms with van der Waals surface area (Å²) in [5.41, 5.74) is 0.338. The third kappa shape index (κ3) is 3.59. The number of carbonyl (C=O) groups is 1. The SMILES string of the molecule is CC(CO)(CO)NC(=O)c1cc2c(s1)CCCCCC2. The predicted molar refractivity (Wildman–Crippen MR) is 80.2 cm³/mol. The van der Waals surface area contributed by atoms with Crippen LogP contribution in [0, 0.1) is 0 Å². The van der Waals surface area contributed by atoms with E-state index in [0.717, 1.165) is 12.8 Å². The van der Waals surface area contributed by atoms with Gasteiger partial charge in [-0.15, -0.1) is 11.3 Å². The van der Waals surface area contributed by atoms with E-state index in [1.165, 1.54) is 36.1 Å². The zero-order valence-corrected chi connectivity index (χ0v) is 12.8. The molecule has 5 heteroatoms. The lowest BCUT2D eigenvalue weighted by Crippen LogP contribution is -2.51. The molecule has 1 aliphatic rings. The first-order chi connectivity index (χ1) is 9.58. The molecule has 1 aromatic rings. The largest absolute Gasteiger partial charge is 0.394 e. The Morgan fingerprint density at radius 3 is 2.55 bits per heavy atom. The van der Waals surface area contributed by atoms with Gasteiger partial charge in [0.05, 0.1) is 23.6 Å². The van der Waals surface area contributed by atoms with Gasteiger partial charge in [-0.3, -0.25) is 4.79 Å². The average Bonchev–Trinajstić information content (AvgIpc) is 2.81. The van der Waals surface area contributed by atoms with Crippen molar-refractivity contribution in [3.05, 3.63) is 21.4 Å². The van der Waals surface area contributed by atoms with Gasteiger partial charge < -0.3 is 15.5 Å². The van der Waals surface area contributed by atoms with Gasteiger partial charge in [-0.1, -0.05) is 12.8 Å². The monoisotopic (exact) mass is 297 g/mol. The molecule has 0 saturated heterocycles. The lowest BCUT2D eigenvalue weighted by Gasteiger charge is -2.25. The minimum atomic E-state index is -0.963. The van der Waals surface area contributed by atoms with E-state index in [9.17, 15) is 15.0 Å². The van der Waals surface area contributed by atoms with Crippen molar-refractivity contribution in [2.24, 2.45) is 0 Å². The number of nitrogens with one attached hydrogen (secondary N) is 1. The highest BCUT2D eigenvalue weighted by atomic mass is 32.1. The van der Waals surface area contributed by atoms with Crippen molar-refractivity contribution in [1.82, 2.24) is 5.32 Å². The molecule has 4 nitrogen and oxygen atoms in total. The highest BCUT2D eigenvalue weighted by molar-refractivity contribution is 7.14. The molecule has 0 atom stereocenters. The van der Waals surface area contributed by atoms with Crippen molar-refractivity contribution in [1.29, 1.82) is 0 Å². The van der Waals surface area contributed by atoms with Crippen LogP contribution in [0.15, 0.2) is 6.07 Å². The van der Waals surface area contributed by atoms with Crippen LogP contribution in [-0.4, -0.2) is 34.9 Å². The van der Waals surface area contributed by atoms with Gasteiger partial charge in [-0.2, -0.15) is 0 Å². The van der Waals surface area contributed by atoms with Crippen molar-refractivity contribution in [2.45, 2.75) is 51.0 Å². The summed E-state index contributed by atoms with van der Waals surface area (Å²) in [6, 6.07) is 1.98. The molecule has 0 unspecified atom stereocenters. The molecule has 0 radical (unpaired) electrons. The maximum absolute atomic E-state index is 12.2. The van der Waals surface area contributed by atoms with Gasteiger partial charge >= 0.3 is 0 Å². The van der Waals surface area contributed by atoms with Crippen molar-refractivity contribution >= 4 is 17.2 Å². The number of fused-ring (bicyclic) bond motifs is 1. The molecule has 0 fully saturated rings. The summed E-state index contributed by atoms with van der Waals surface area (Å²) in [7, 11) is 0. The third-order valence-corrected chi connectivity index (χ3v) is 5.07. The molecule has 0 spiro atoms. The average molecular weight is 297 g/mol. The molecule has 0 aromatic carbocycles. The molecule has 0 bridgehead atoms. The van der Waals surface area contributed by atoms with Gasteiger partial charge in [0, 0.05) is 4.88 Å². The Morgan fingerprint density at radius 2 is 1.90 bits per heavy atom. The van der Waals surface area contributed by atoms with E-state index in [1.54, 1.807) is 18.3 Å². The molecule has 20 heavy (non-hydrogen) atoms. The molecule has 1 aliphatic carbocycles. The summed E-state index contributed by atoms with van der Waals surface area (Å²) in [5.74, 6) is -0.202. The second-order valence-electron chi connectivity index (χ2n) is 5.80. The molecule has 112 valence electrons. The van der Waals surface area contributed by atoms with E-state index in [1.807, 2.05) is 6.07 Å². The van der Waals surface area contributed by atoms with Crippen LogP contribution in [0.3, 0.4) is 0 Å². The Labute approximate surface area is 123 Å². The van der Waals surface area contributed by atoms with Crippen LogP contribution in [0.25, 0.3) is 0 Å². The lowest BCUT2D eigenvalue weighted by atomic mass is 9.99. The zero-order valence-electron chi connectivity index (χ0n) is 11.9. The van der Waals surface area contributed by atoms with Crippen molar-refractivity contribution in [2.75, 3.05) is 13.2 Å². The van der Waals surface area contributed by atoms with Gasteiger partial charge in [-0.05, 0) is 44.2 Å². The first-order valence-corrected chi connectivity index (χ1v) is 8.05. The molecule has 2 rings (SSSR count). The zero-order chi connectivity index (χ0) is 14.6. The smallest absolute Gasteiger partial charge is 0.261 e. The first-order valence-electron chi connectivity index (χ1n) is 7.24. The van der Waals surface area contributed by atoms with Crippen LogP contribution < -0.4 is 5.32 Å². The van der Waals surface area contributed by atoms with E-state index in [0.29, 0.717) is 4.88 Å². The second kappa shape index (κ2) is 6.70. The van der Waals surface area contributed by atoms with Crippen molar-refractivity contribution in [3.8, 4) is 0 Å². The van der Waals surface area contributed by atoms with Crippen LogP contribution in [0.1, 0.15) is 52.7 Å². The lowest BCUT2D eigenvalue weighted by molar-refractivity contribution is 0.0727. The number of aliphatic hydroxyl groups excluding tert-OH is 2. The molecule has 1 aromatic heterocycles. The Morgan fingerprint density at radius 1 is 1.25 bits per heavy atom. The minimum Gasteiger partial charge on any atom is -0.394 e. The summed E-state index contributed by atoms with van der Waals surface area (Å²) >= 11 is 1.55. The fourth-order valence-electron chi connectivity index (χ4n) is 2.42. The predicted octanol–water partition coefficient (Wildman–Crippen LogP) is 1.88. The van der Waals surface area contributed by atoms with Gasteiger partial charge in [-0.25, -0.2) is 0 Å². The van der Waals surface area contributed by atoms with Crippen LogP contribution in [0.2, 0.25) is 0 Å². The van der Waals surface area contributed by atoms with Crippen LogP contribution >= 0.6 is 11.3 Å². The third-order valence-electron chi connectivity index (χ3n) is 3.83. The van der Waals surface area contributed by atoms with Gasteiger partial charge in [0.1, 0.15) is 0 Å². The number of aliphatic hydroxyl groups is 2. The molecule has 1 amide bonds. The fourth-order valence-corrected chi connectivity index (χ4v) is 3.57.